The maximum Gasteiger partial charge on any atom is 0.268 e. The molecule has 0 aliphatic carbocycles. The zero-order chi connectivity index (χ0) is 24.4. The number of hydrogen-bond acceptors (Lipinski definition) is 7. The van der Waals surface area contributed by atoms with Crippen molar-refractivity contribution in [3.05, 3.63) is 69.9 Å². The van der Waals surface area contributed by atoms with Crippen molar-refractivity contribution in [3.63, 3.8) is 0 Å². The number of hydrogen-bond donors (Lipinski definition) is 1. The largest absolute Gasteiger partial charge is 0.415 e. The summed E-state index contributed by atoms with van der Waals surface area (Å²) in [6.45, 7) is 12.9. The van der Waals surface area contributed by atoms with E-state index in [1.54, 1.807) is 29.1 Å². The molecular weight excluding hydrogens is 428 g/mol. The summed E-state index contributed by atoms with van der Waals surface area (Å²) in [5.74, 6) is 0.750. The Hall–Kier alpha value is -3.65. The van der Waals surface area contributed by atoms with E-state index >= 15 is 0 Å². The summed E-state index contributed by atoms with van der Waals surface area (Å²) in [4.78, 5) is 21.4. The minimum atomic E-state index is -0.0537. The van der Waals surface area contributed by atoms with Crippen LogP contribution in [0.25, 0.3) is 34.3 Å². The highest BCUT2D eigenvalue weighted by atomic mass is 16.4. The average molecular weight is 461 g/mol. The highest BCUT2D eigenvalue weighted by Gasteiger charge is 2.18. The van der Waals surface area contributed by atoms with E-state index in [0.717, 1.165) is 23.2 Å². The second-order valence-corrected chi connectivity index (χ2v) is 9.04. The van der Waals surface area contributed by atoms with Crippen molar-refractivity contribution in [1.29, 1.82) is 0 Å². The van der Waals surface area contributed by atoms with Crippen LogP contribution >= 0.6 is 0 Å². The molecule has 4 aromatic rings. The highest BCUT2D eigenvalue weighted by molar-refractivity contribution is 5.64. The second kappa shape index (κ2) is 9.69. The fourth-order valence-corrected chi connectivity index (χ4v) is 3.68. The molecule has 0 fully saturated rings. The van der Waals surface area contributed by atoms with Crippen LogP contribution in [-0.2, 0) is 6.54 Å². The maximum absolute atomic E-state index is 12.1. The normalized spacial score (nSPS) is 11.5. The molecule has 4 rings (SSSR count). The number of nitrogens with zero attached hydrogens (tertiary/aromatic N) is 5. The van der Waals surface area contributed by atoms with Crippen molar-refractivity contribution >= 4 is 0 Å². The molecule has 0 saturated heterocycles. The van der Waals surface area contributed by atoms with Crippen LogP contribution in [-0.4, -0.2) is 30.8 Å². The van der Waals surface area contributed by atoms with Gasteiger partial charge in [0.25, 0.3) is 11.4 Å². The van der Waals surface area contributed by atoms with E-state index in [1.165, 1.54) is 5.56 Å². The molecule has 0 aliphatic rings. The third-order valence-corrected chi connectivity index (χ3v) is 5.61. The molecule has 178 valence electrons. The molecule has 0 amide bonds. The SMILES string of the molecule is Cc1cc(CNC(C)C)ccc1-c1nnc(-c2nc(-c3ccc(=O)n(C(C)C)c3)cnc2C)o1.[HH]. The lowest BCUT2D eigenvalue weighted by Crippen LogP contribution is -2.21. The van der Waals surface area contributed by atoms with Crippen molar-refractivity contribution in [1.82, 2.24) is 30.0 Å². The monoisotopic (exact) mass is 460 g/mol. The third kappa shape index (κ3) is 4.97. The Kier molecular flexibility index (Phi) is 6.70. The first kappa shape index (κ1) is 23.5. The number of benzene rings is 1. The number of rotatable bonds is 7. The number of pyridine rings is 1. The topological polar surface area (TPSA) is 98.7 Å². The Morgan fingerprint density at radius 3 is 2.53 bits per heavy atom. The standard InChI is InChI=1S/C26H30N6O2.H2/c1-15(2)27-12-19-7-9-21(17(5)11-19)25-30-31-26(34-25)24-18(6)28-13-22(29-24)20-8-10-23(33)32(14-20)16(3)4;/h7-11,13-16,27H,12H2,1-6H3;1H. The molecule has 1 N–H and O–H groups in total. The van der Waals surface area contributed by atoms with Crippen LogP contribution in [0.2, 0.25) is 0 Å². The van der Waals surface area contributed by atoms with E-state index in [1.807, 2.05) is 33.8 Å². The summed E-state index contributed by atoms with van der Waals surface area (Å²) in [5.41, 5.74) is 5.73. The van der Waals surface area contributed by atoms with E-state index in [0.29, 0.717) is 34.9 Å². The van der Waals surface area contributed by atoms with Gasteiger partial charge in [-0.3, -0.25) is 9.78 Å². The molecule has 0 aliphatic heterocycles. The van der Waals surface area contributed by atoms with E-state index in [2.05, 4.69) is 46.5 Å². The first-order valence-corrected chi connectivity index (χ1v) is 11.5. The molecule has 8 heteroatoms. The summed E-state index contributed by atoms with van der Waals surface area (Å²) in [7, 11) is 0. The molecule has 0 spiro atoms. The van der Waals surface area contributed by atoms with Gasteiger partial charge in [0.1, 0.15) is 5.69 Å². The molecule has 0 radical (unpaired) electrons. The van der Waals surface area contributed by atoms with Gasteiger partial charge in [0.2, 0.25) is 5.89 Å². The van der Waals surface area contributed by atoms with Gasteiger partial charge in [0.05, 0.1) is 17.6 Å². The van der Waals surface area contributed by atoms with E-state index < -0.39 is 0 Å². The highest BCUT2D eigenvalue weighted by Crippen LogP contribution is 2.28. The van der Waals surface area contributed by atoms with Gasteiger partial charge in [-0.05, 0) is 51.0 Å². The molecule has 1 aromatic carbocycles. The van der Waals surface area contributed by atoms with Gasteiger partial charge in [0, 0.05) is 43.4 Å². The van der Waals surface area contributed by atoms with E-state index in [9.17, 15) is 4.79 Å². The predicted octanol–water partition coefficient (Wildman–Crippen LogP) is 4.96. The van der Waals surface area contributed by atoms with Crippen LogP contribution in [0, 0.1) is 13.8 Å². The first-order chi connectivity index (χ1) is 16.2. The quantitative estimate of drug-likeness (QED) is 0.416. The molecule has 0 atom stereocenters. The van der Waals surface area contributed by atoms with Gasteiger partial charge in [-0.25, -0.2) is 4.98 Å². The minimum absolute atomic E-state index is 0. The summed E-state index contributed by atoms with van der Waals surface area (Å²) >= 11 is 0. The lowest BCUT2D eigenvalue weighted by molar-refractivity contribution is 0.578. The molecule has 3 heterocycles. The van der Waals surface area contributed by atoms with Gasteiger partial charge in [-0.2, -0.15) is 0 Å². The van der Waals surface area contributed by atoms with Crippen molar-refractivity contribution in [3.8, 4) is 34.3 Å². The molecule has 0 bridgehead atoms. The van der Waals surface area contributed by atoms with Crippen LogP contribution in [0.15, 0.2) is 51.9 Å². The molecule has 8 nitrogen and oxygen atoms in total. The Morgan fingerprint density at radius 2 is 1.82 bits per heavy atom. The predicted molar refractivity (Wildman–Crippen MR) is 134 cm³/mol. The van der Waals surface area contributed by atoms with Crippen molar-refractivity contribution < 1.29 is 5.84 Å². The maximum atomic E-state index is 12.1. The van der Waals surface area contributed by atoms with Crippen molar-refractivity contribution in [2.75, 3.05) is 0 Å². The molecule has 3 aromatic heterocycles. The van der Waals surface area contributed by atoms with Crippen LogP contribution < -0.4 is 10.9 Å². The summed E-state index contributed by atoms with van der Waals surface area (Å²) < 4.78 is 7.70. The van der Waals surface area contributed by atoms with Crippen LogP contribution in [0.3, 0.4) is 0 Å². The summed E-state index contributed by atoms with van der Waals surface area (Å²) in [6, 6.07) is 9.97. The zero-order valence-corrected chi connectivity index (χ0v) is 20.5. The minimum Gasteiger partial charge on any atom is -0.415 e. The smallest absolute Gasteiger partial charge is 0.268 e. The van der Waals surface area contributed by atoms with Crippen molar-refractivity contribution in [2.24, 2.45) is 0 Å². The number of aryl methyl sites for hydroxylation is 2. The van der Waals surface area contributed by atoms with Gasteiger partial charge >= 0.3 is 0 Å². The van der Waals surface area contributed by atoms with Gasteiger partial charge in [0.15, 0.2) is 0 Å². The lowest BCUT2D eigenvalue weighted by Gasteiger charge is -2.11. The fraction of sp³-hybridized carbons (Fsp3) is 0.346. The molecule has 0 saturated carbocycles. The molecule has 0 unspecified atom stereocenters. The molecular formula is C26H32N6O2. The van der Waals surface area contributed by atoms with Gasteiger partial charge < -0.3 is 14.3 Å². The number of aromatic nitrogens is 5. The zero-order valence-electron chi connectivity index (χ0n) is 20.5. The Labute approximate surface area is 200 Å². The van der Waals surface area contributed by atoms with E-state index in [-0.39, 0.29) is 13.0 Å². The van der Waals surface area contributed by atoms with Crippen LogP contribution in [0.1, 0.15) is 52.0 Å². The van der Waals surface area contributed by atoms with Crippen LogP contribution in [0.4, 0.5) is 0 Å². The number of nitrogens with one attached hydrogen (secondary N) is 1. The van der Waals surface area contributed by atoms with Gasteiger partial charge in [-0.15, -0.1) is 10.2 Å². The third-order valence-electron chi connectivity index (χ3n) is 5.61. The Morgan fingerprint density at radius 1 is 1.06 bits per heavy atom. The second-order valence-electron chi connectivity index (χ2n) is 9.04. The van der Waals surface area contributed by atoms with E-state index in [4.69, 9.17) is 9.40 Å². The van der Waals surface area contributed by atoms with Crippen molar-refractivity contribution in [2.45, 2.75) is 60.2 Å². The summed E-state index contributed by atoms with van der Waals surface area (Å²) in [5, 5.41) is 12.0. The lowest BCUT2D eigenvalue weighted by atomic mass is 10.0. The van der Waals surface area contributed by atoms with Crippen LogP contribution in [0.5, 0.6) is 0 Å². The average Bonchev–Trinajstić information content (AvgIpc) is 3.28. The van der Waals surface area contributed by atoms with Gasteiger partial charge in [-0.1, -0.05) is 26.0 Å². The molecule has 34 heavy (non-hydrogen) atoms. The Bertz CT molecular complexity index is 1380. The first-order valence-electron chi connectivity index (χ1n) is 11.5. The summed E-state index contributed by atoms with van der Waals surface area (Å²) in [6.07, 6.45) is 3.49. The Balaban J connectivity index is 0.00000342. The fourth-order valence-electron chi connectivity index (χ4n) is 3.68.